The number of fused-ring (bicyclic) bond motifs is 4. The van der Waals surface area contributed by atoms with E-state index in [0.29, 0.717) is 24.0 Å². The fourth-order valence-electron chi connectivity index (χ4n) is 8.30. The summed E-state index contributed by atoms with van der Waals surface area (Å²) in [6, 6.07) is 13.6. The SMILES string of the molecule is CCCCCC1(CCCCC)O[C@@H]2[C@H](O1)[C@H]1ON(Cc3ccc(C=COCCO)cc3)[C@@H]3C(=O)O[C@@H]2C[C@]13C(=O)NCc1cccc(C(=O)NCCO)c1. The summed E-state index contributed by atoms with van der Waals surface area (Å²) in [4.78, 5) is 48.2. The molecule has 6 rings (SSSR count). The average molecular weight is 750 g/mol. The number of hydrogen-bond donors (Lipinski definition) is 4. The van der Waals surface area contributed by atoms with E-state index in [1.165, 1.54) is 6.26 Å². The van der Waals surface area contributed by atoms with Crippen molar-refractivity contribution in [1.82, 2.24) is 15.7 Å². The molecule has 4 N–H and O–H groups in total. The highest BCUT2D eigenvalue weighted by Gasteiger charge is 2.76. The van der Waals surface area contributed by atoms with Gasteiger partial charge >= 0.3 is 5.97 Å². The molecular formula is C41H55N3O10. The van der Waals surface area contributed by atoms with Crippen molar-refractivity contribution in [3.63, 3.8) is 0 Å². The van der Waals surface area contributed by atoms with E-state index in [0.717, 1.165) is 49.7 Å². The van der Waals surface area contributed by atoms with Crippen LogP contribution < -0.4 is 10.6 Å². The first-order valence-electron chi connectivity index (χ1n) is 19.5. The number of rotatable bonds is 20. The molecule has 1 aliphatic carbocycles. The fraction of sp³-hybridized carbons (Fsp3) is 0.585. The molecule has 4 aliphatic rings. The van der Waals surface area contributed by atoms with Crippen LogP contribution in [0.5, 0.6) is 0 Å². The Kier molecular flexibility index (Phi) is 13.4. The van der Waals surface area contributed by atoms with Crippen LogP contribution >= 0.6 is 0 Å². The largest absolute Gasteiger partial charge is 0.499 e. The number of esters is 1. The third-order valence-electron chi connectivity index (χ3n) is 10.9. The second kappa shape index (κ2) is 18.2. The standard InChI is InChI=1S/C41H55N3O10/c1-3-5-7-17-40(18-8-6-4-2)52-33-32-25-41(39(49)43-26-30-10-9-11-31(24-30)37(47)42-19-20-45)35(38(48)51-32)44(54-36(41)34(33)53-40)27-29-14-12-28(13-15-29)16-22-50-23-21-46/h9-16,22,24,32-36,45-46H,3-8,17-21,23,25-27H2,1-2H3,(H,42,47)(H,43,49)/t32-,33+,34+,35-,36-,41-/m1/s1. The van der Waals surface area contributed by atoms with E-state index in [1.54, 1.807) is 29.3 Å². The zero-order valence-corrected chi connectivity index (χ0v) is 31.4. The van der Waals surface area contributed by atoms with E-state index in [1.807, 2.05) is 30.3 Å². The Balaban J connectivity index is 1.29. The molecule has 0 radical (unpaired) electrons. The van der Waals surface area contributed by atoms with Gasteiger partial charge in [0.25, 0.3) is 5.91 Å². The summed E-state index contributed by atoms with van der Waals surface area (Å²) in [7, 11) is 0. The van der Waals surface area contributed by atoms with Gasteiger partial charge in [-0.15, -0.1) is 0 Å². The Bertz CT molecular complexity index is 1610. The molecule has 3 heterocycles. The Labute approximate surface area is 317 Å². The van der Waals surface area contributed by atoms with Gasteiger partial charge in [-0.2, -0.15) is 5.06 Å². The number of carbonyl (C=O) groups is 3. The first-order valence-corrected chi connectivity index (χ1v) is 19.5. The number of benzene rings is 2. The number of amides is 2. The first kappa shape index (κ1) is 39.8. The second-order valence-corrected chi connectivity index (χ2v) is 14.7. The molecule has 294 valence electrons. The van der Waals surface area contributed by atoms with Crippen LogP contribution in [0.15, 0.2) is 54.8 Å². The predicted molar refractivity (Wildman–Crippen MR) is 198 cm³/mol. The van der Waals surface area contributed by atoms with E-state index in [4.69, 9.17) is 34.0 Å². The van der Waals surface area contributed by atoms with Gasteiger partial charge in [0.15, 0.2) is 11.8 Å². The normalized spacial score (nSPS) is 26.7. The van der Waals surface area contributed by atoms with Crippen molar-refractivity contribution in [3.8, 4) is 0 Å². The van der Waals surface area contributed by atoms with Crippen molar-refractivity contribution in [2.45, 2.75) is 121 Å². The second-order valence-electron chi connectivity index (χ2n) is 14.7. The fourth-order valence-corrected chi connectivity index (χ4v) is 8.30. The summed E-state index contributed by atoms with van der Waals surface area (Å²) in [5.74, 6) is -2.08. The highest BCUT2D eigenvalue weighted by Crippen LogP contribution is 2.58. The number of hydroxylamine groups is 2. The molecule has 2 aromatic carbocycles. The van der Waals surface area contributed by atoms with Crippen LogP contribution in [0.4, 0.5) is 0 Å². The molecule has 13 nitrogen and oxygen atoms in total. The lowest BCUT2D eigenvalue weighted by atomic mass is 9.62. The van der Waals surface area contributed by atoms with Crippen molar-refractivity contribution >= 4 is 23.9 Å². The summed E-state index contributed by atoms with van der Waals surface area (Å²) in [5.41, 5.74) is 1.52. The quantitative estimate of drug-likeness (QED) is 0.0874. The number of nitrogens with one attached hydrogen (secondary N) is 2. The van der Waals surface area contributed by atoms with Crippen LogP contribution in [0.3, 0.4) is 0 Å². The molecular weight excluding hydrogens is 694 g/mol. The van der Waals surface area contributed by atoms with E-state index in [2.05, 4.69) is 24.5 Å². The highest BCUT2D eigenvalue weighted by molar-refractivity contribution is 5.95. The molecule has 3 aliphatic heterocycles. The molecule has 3 saturated heterocycles. The molecule has 2 amide bonds. The molecule has 0 aromatic heterocycles. The number of carbonyl (C=O) groups excluding carboxylic acids is 3. The smallest absolute Gasteiger partial charge is 0.327 e. The maximum absolute atomic E-state index is 14.8. The number of aliphatic hydroxyl groups excluding tert-OH is 2. The van der Waals surface area contributed by atoms with Crippen LogP contribution in [0, 0.1) is 5.41 Å². The van der Waals surface area contributed by atoms with Gasteiger partial charge in [0.05, 0.1) is 26.0 Å². The molecule has 13 heteroatoms. The predicted octanol–water partition coefficient (Wildman–Crippen LogP) is 4.15. The minimum absolute atomic E-state index is 0.0700. The Morgan fingerprint density at radius 3 is 2.39 bits per heavy atom. The third-order valence-corrected chi connectivity index (χ3v) is 10.9. The minimum Gasteiger partial charge on any atom is -0.499 e. The lowest BCUT2D eigenvalue weighted by Gasteiger charge is -2.48. The molecule has 0 unspecified atom stereocenters. The molecule has 4 fully saturated rings. The maximum atomic E-state index is 14.8. The van der Waals surface area contributed by atoms with Crippen LogP contribution in [0.1, 0.15) is 98.7 Å². The Morgan fingerprint density at radius 2 is 1.69 bits per heavy atom. The van der Waals surface area contributed by atoms with E-state index in [9.17, 15) is 14.4 Å². The third kappa shape index (κ3) is 8.51. The average Bonchev–Trinajstić information content (AvgIpc) is 3.74. The van der Waals surface area contributed by atoms with E-state index >= 15 is 0 Å². The lowest BCUT2D eigenvalue weighted by Crippen LogP contribution is -2.69. The molecule has 6 atom stereocenters. The van der Waals surface area contributed by atoms with Gasteiger partial charge in [-0.1, -0.05) is 75.9 Å². The van der Waals surface area contributed by atoms with Gasteiger partial charge in [0.1, 0.15) is 36.4 Å². The summed E-state index contributed by atoms with van der Waals surface area (Å²) in [5, 5.41) is 25.4. The Hall–Kier alpha value is -3.85. The Morgan fingerprint density at radius 1 is 0.944 bits per heavy atom. The molecule has 1 saturated carbocycles. The minimum atomic E-state index is -1.34. The van der Waals surface area contributed by atoms with E-state index < -0.39 is 47.6 Å². The van der Waals surface area contributed by atoms with Gasteiger partial charge in [0.2, 0.25) is 5.91 Å². The zero-order valence-electron chi connectivity index (χ0n) is 31.4. The van der Waals surface area contributed by atoms with Gasteiger partial charge < -0.3 is 39.8 Å². The number of aliphatic hydroxyl groups is 2. The van der Waals surface area contributed by atoms with Crippen LogP contribution in [0.2, 0.25) is 0 Å². The van der Waals surface area contributed by atoms with Gasteiger partial charge in [-0.05, 0) is 47.7 Å². The number of hydrogen-bond acceptors (Lipinski definition) is 11. The zero-order chi connectivity index (χ0) is 38.1. The van der Waals surface area contributed by atoms with E-state index in [-0.39, 0.29) is 57.7 Å². The number of nitrogens with zero attached hydrogens (tertiary/aromatic N) is 1. The van der Waals surface area contributed by atoms with Crippen molar-refractivity contribution in [2.24, 2.45) is 5.41 Å². The number of ether oxygens (including phenoxy) is 4. The number of unbranched alkanes of at least 4 members (excludes halogenated alkanes) is 4. The van der Waals surface area contributed by atoms with Crippen LogP contribution in [0.25, 0.3) is 6.08 Å². The first-order chi connectivity index (χ1) is 26.3. The monoisotopic (exact) mass is 749 g/mol. The summed E-state index contributed by atoms with van der Waals surface area (Å²) in [6.45, 7) is 4.74. The van der Waals surface area contributed by atoms with Gasteiger partial charge in [-0.25, -0.2) is 0 Å². The van der Waals surface area contributed by atoms with Crippen LogP contribution in [-0.4, -0.2) is 95.7 Å². The molecule has 0 spiro atoms. The summed E-state index contributed by atoms with van der Waals surface area (Å²) < 4.78 is 25.2. The van der Waals surface area contributed by atoms with Crippen LogP contribution in [-0.2, 0) is 46.5 Å². The molecule has 2 aromatic rings. The van der Waals surface area contributed by atoms with Gasteiger partial charge in [0, 0.05) is 37.9 Å². The van der Waals surface area contributed by atoms with Gasteiger partial charge in [-0.3, -0.25) is 19.2 Å². The molecule has 54 heavy (non-hydrogen) atoms. The van der Waals surface area contributed by atoms with Crippen molar-refractivity contribution < 1.29 is 48.4 Å². The molecule has 2 bridgehead atoms. The topological polar surface area (TPSA) is 165 Å². The van der Waals surface area contributed by atoms with Crippen molar-refractivity contribution in [3.05, 3.63) is 77.0 Å². The van der Waals surface area contributed by atoms with Crippen molar-refractivity contribution in [2.75, 3.05) is 26.4 Å². The highest BCUT2D eigenvalue weighted by atomic mass is 16.8. The summed E-state index contributed by atoms with van der Waals surface area (Å²) >= 11 is 0. The van der Waals surface area contributed by atoms with Crippen molar-refractivity contribution in [1.29, 1.82) is 0 Å². The maximum Gasteiger partial charge on any atom is 0.327 e. The lowest BCUT2D eigenvalue weighted by molar-refractivity contribution is -0.224. The summed E-state index contributed by atoms with van der Waals surface area (Å²) in [6.07, 6.45) is 8.20.